The van der Waals surface area contributed by atoms with E-state index in [1.54, 1.807) is 28.8 Å². The minimum Gasteiger partial charge on any atom is -0.378 e. The molecule has 32 heavy (non-hydrogen) atoms. The Morgan fingerprint density at radius 3 is 2.66 bits per heavy atom. The van der Waals surface area contributed by atoms with Gasteiger partial charge >= 0.3 is 6.18 Å². The number of hydrogen-bond acceptors (Lipinski definition) is 5. The van der Waals surface area contributed by atoms with Crippen LogP contribution in [-0.2, 0) is 24.1 Å². The summed E-state index contributed by atoms with van der Waals surface area (Å²) in [5, 5.41) is 15.1. The number of hydrogen-bond donors (Lipinski definition) is 2. The molecular weight excluding hydrogens is 486 g/mol. The van der Waals surface area contributed by atoms with Gasteiger partial charge < -0.3 is 15.2 Å². The minimum atomic E-state index is -4.42. The van der Waals surface area contributed by atoms with Crippen LogP contribution in [-0.4, -0.2) is 26.4 Å². The Balaban J connectivity index is 1.61. The summed E-state index contributed by atoms with van der Waals surface area (Å²) in [5.41, 5.74) is -0.00770. The average molecular weight is 504 g/mol. The molecule has 1 aromatic heterocycles. The van der Waals surface area contributed by atoms with Crippen LogP contribution in [0.15, 0.2) is 47.6 Å². The van der Waals surface area contributed by atoms with Crippen LogP contribution in [0.2, 0.25) is 10.0 Å². The topological polar surface area (TPSA) is 71.8 Å². The van der Waals surface area contributed by atoms with E-state index in [1.807, 2.05) is 6.92 Å². The molecule has 2 aromatic carbocycles. The maximum atomic E-state index is 12.9. The lowest BCUT2D eigenvalue weighted by atomic mass is 10.2. The molecule has 3 aromatic rings. The number of alkyl halides is 3. The van der Waals surface area contributed by atoms with Crippen molar-refractivity contribution in [3.05, 3.63) is 63.9 Å². The van der Waals surface area contributed by atoms with Crippen LogP contribution in [0.3, 0.4) is 0 Å². The maximum Gasteiger partial charge on any atom is 0.416 e. The molecule has 6 nitrogen and oxygen atoms in total. The predicted molar refractivity (Wildman–Crippen MR) is 120 cm³/mol. The van der Waals surface area contributed by atoms with Gasteiger partial charge in [-0.05, 0) is 43.3 Å². The number of carbonyl (C=O) groups is 1. The highest BCUT2D eigenvalue weighted by atomic mass is 35.5. The van der Waals surface area contributed by atoms with Gasteiger partial charge in [-0.25, -0.2) is 0 Å². The van der Waals surface area contributed by atoms with Gasteiger partial charge in [-0.1, -0.05) is 41.0 Å². The summed E-state index contributed by atoms with van der Waals surface area (Å²) in [5.74, 6) is 0.293. The molecule has 0 saturated heterocycles. The van der Waals surface area contributed by atoms with Gasteiger partial charge in [-0.3, -0.25) is 4.79 Å². The van der Waals surface area contributed by atoms with Gasteiger partial charge in [0.05, 0.1) is 28.6 Å². The standard InChI is InChI=1S/C20H18Cl2F3N5OS/c1-2-30-17(10-26-14-5-3-4-12(8-14)20(23,24)25)28-29-19(30)32-11-18(31)27-16-9-13(21)6-7-15(16)22/h3-9,26H,2,10-11H2,1H3,(H,27,31). The number of amides is 1. The number of aromatic nitrogens is 3. The van der Waals surface area contributed by atoms with Crippen LogP contribution >= 0.6 is 35.0 Å². The highest BCUT2D eigenvalue weighted by Crippen LogP contribution is 2.31. The molecule has 0 bridgehead atoms. The van der Waals surface area contributed by atoms with E-state index in [1.165, 1.54) is 17.8 Å². The van der Waals surface area contributed by atoms with Crippen molar-refractivity contribution in [3.63, 3.8) is 0 Å². The molecule has 0 spiro atoms. The Morgan fingerprint density at radius 1 is 1.16 bits per heavy atom. The first kappa shape index (κ1) is 24.2. The molecule has 0 radical (unpaired) electrons. The third kappa shape index (κ3) is 6.30. The fourth-order valence-corrected chi connectivity index (χ4v) is 3.93. The molecule has 12 heteroatoms. The highest BCUT2D eigenvalue weighted by Gasteiger charge is 2.30. The monoisotopic (exact) mass is 503 g/mol. The van der Waals surface area contributed by atoms with Crippen molar-refractivity contribution >= 4 is 52.2 Å². The molecule has 170 valence electrons. The smallest absolute Gasteiger partial charge is 0.378 e. The van der Waals surface area contributed by atoms with Crippen molar-refractivity contribution in [1.82, 2.24) is 14.8 Å². The van der Waals surface area contributed by atoms with Crippen LogP contribution in [0.25, 0.3) is 0 Å². The van der Waals surface area contributed by atoms with E-state index in [4.69, 9.17) is 23.2 Å². The minimum absolute atomic E-state index is 0.0576. The Hall–Kier alpha value is -2.43. The van der Waals surface area contributed by atoms with Crippen LogP contribution in [0.1, 0.15) is 18.3 Å². The molecule has 1 amide bonds. The highest BCUT2D eigenvalue weighted by molar-refractivity contribution is 7.99. The number of carbonyl (C=O) groups excluding carboxylic acids is 1. The van der Waals surface area contributed by atoms with Crippen molar-refractivity contribution in [3.8, 4) is 0 Å². The number of thioether (sulfide) groups is 1. The largest absolute Gasteiger partial charge is 0.416 e. The summed E-state index contributed by atoms with van der Waals surface area (Å²) in [6, 6.07) is 9.68. The number of anilines is 2. The quantitative estimate of drug-likeness (QED) is 0.370. The van der Waals surface area contributed by atoms with Crippen molar-refractivity contribution in [2.75, 3.05) is 16.4 Å². The van der Waals surface area contributed by atoms with Crippen LogP contribution in [0.4, 0.5) is 24.5 Å². The lowest BCUT2D eigenvalue weighted by molar-refractivity contribution is -0.137. The molecule has 2 N–H and O–H groups in total. The number of nitrogens with one attached hydrogen (secondary N) is 2. The van der Waals surface area contributed by atoms with E-state index < -0.39 is 11.7 Å². The number of benzene rings is 2. The summed E-state index contributed by atoms with van der Waals surface area (Å²) >= 11 is 13.2. The van der Waals surface area contributed by atoms with E-state index in [9.17, 15) is 18.0 Å². The first-order valence-electron chi connectivity index (χ1n) is 9.38. The van der Waals surface area contributed by atoms with E-state index in [0.29, 0.717) is 38.9 Å². The van der Waals surface area contributed by atoms with E-state index in [2.05, 4.69) is 20.8 Å². The van der Waals surface area contributed by atoms with Gasteiger partial charge in [0.1, 0.15) is 0 Å². The molecule has 0 atom stereocenters. The summed E-state index contributed by atoms with van der Waals surface area (Å²) in [7, 11) is 0. The lowest BCUT2D eigenvalue weighted by Gasteiger charge is -2.11. The lowest BCUT2D eigenvalue weighted by Crippen LogP contribution is -2.15. The molecule has 0 aliphatic heterocycles. The number of rotatable bonds is 8. The molecule has 0 unspecified atom stereocenters. The van der Waals surface area contributed by atoms with Crippen LogP contribution < -0.4 is 10.6 Å². The SMILES string of the molecule is CCn1c(CNc2cccc(C(F)(F)F)c2)nnc1SCC(=O)Nc1cc(Cl)ccc1Cl. The number of halogens is 5. The summed E-state index contributed by atoms with van der Waals surface area (Å²) in [6.07, 6.45) is -4.42. The fraction of sp³-hybridized carbons (Fsp3) is 0.250. The Labute approximate surface area is 196 Å². The number of nitrogens with zero attached hydrogens (tertiary/aromatic N) is 3. The molecule has 0 saturated carbocycles. The van der Waals surface area contributed by atoms with Crippen LogP contribution in [0.5, 0.6) is 0 Å². The van der Waals surface area contributed by atoms with Gasteiger partial charge in [0.15, 0.2) is 11.0 Å². The zero-order chi connectivity index (χ0) is 23.3. The Kier molecular flexibility index (Phi) is 7.91. The third-order valence-corrected chi connectivity index (χ3v) is 5.82. The Bertz CT molecular complexity index is 1110. The molecule has 0 fully saturated rings. The molecule has 0 aliphatic carbocycles. The van der Waals surface area contributed by atoms with Gasteiger partial charge in [0.25, 0.3) is 0 Å². The molecule has 0 aliphatic rings. The van der Waals surface area contributed by atoms with Gasteiger partial charge in [0, 0.05) is 17.3 Å². The Morgan fingerprint density at radius 2 is 1.94 bits per heavy atom. The summed E-state index contributed by atoms with van der Waals surface area (Å²) < 4.78 is 40.4. The summed E-state index contributed by atoms with van der Waals surface area (Å²) in [6.45, 7) is 2.58. The van der Waals surface area contributed by atoms with Gasteiger partial charge in [-0.15, -0.1) is 10.2 Å². The zero-order valence-electron chi connectivity index (χ0n) is 16.7. The van der Waals surface area contributed by atoms with Gasteiger partial charge in [-0.2, -0.15) is 13.2 Å². The second kappa shape index (κ2) is 10.5. The van der Waals surface area contributed by atoms with Crippen molar-refractivity contribution in [1.29, 1.82) is 0 Å². The molecule has 1 heterocycles. The molecule has 3 rings (SSSR count). The average Bonchev–Trinajstić information content (AvgIpc) is 3.15. The van der Waals surface area contributed by atoms with Crippen molar-refractivity contribution < 1.29 is 18.0 Å². The first-order chi connectivity index (χ1) is 15.2. The van der Waals surface area contributed by atoms with Crippen LogP contribution in [0, 0.1) is 0 Å². The zero-order valence-corrected chi connectivity index (χ0v) is 19.0. The summed E-state index contributed by atoms with van der Waals surface area (Å²) in [4.78, 5) is 12.3. The van der Waals surface area contributed by atoms with Crippen molar-refractivity contribution in [2.24, 2.45) is 0 Å². The van der Waals surface area contributed by atoms with E-state index >= 15 is 0 Å². The van der Waals surface area contributed by atoms with Gasteiger partial charge in [0.2, 0.25) is 5.91 Å². The third-order valence-electron chi connectivity index (χ3n) is 4.29. The first-order valence-corrected chi connectivity index (χ1v) is 11.1. The normalized spacial score (nSPS) is 11.4. The van der Waals surface area contributed by atoms with E-state index in [0.717, 1.165) is 12.1 Å². The predicted octanol–water partition coefficient (Wildman–Crippen LogP) is 5.97. The fourth-order valence-electron chi connectivity index (χ4n) is 2.77. The van der Waals surface area contributed by atoms with E-state index in [-0.39, 0.29) is 18.2 Å². The maximum absolute atomic E-state index is 12.9. The second-order valence-corrected chi connectivity index (χ2v) is 8.32. The second-order valence-electron chi connectivity index (χ2n) is 6.54. The molecular formula is C20H18Cl2F3N5OS. The van der Waals surface area contributed by atoms with Crippen molar-refractivity contribution in [2.45, 2.75) is 31.3 Å².